The zero-order valence-corrected chi connectivity index (χ0v) is 18.5. The van der Waals surface area contributed by atoms with Crippen LogP contribution in [0.3, 0.4) is 0 Å². The third-order valence-electron chi connectivity index (χ3n) is 5.01. The summed E-state index contributed by atoms with van der Waals surface area (Å²) in [6, 6.07) is 15.5. The highest BCUT2D eigenvalue weighted by Gasteiger charge is 2.19. The summed E-state index contributed by atoms with van der Waals surface area (Å²) in [7, 11) is 1.32. The second kappa shape index (κ2) is 8.28. The number of aromatic nitrogens is 2. The molecule has 7 heteroatoms. The molecule has 31 heavy (non-hydrogen) atoms. The normalized spacial score (nSPS) is 10.8. The molecule has 4 rings (SSSR count). The molecule has 0 fully saturated rings. The van der Waals surface area contributed by atoms with Crippen molar-refractivity contribution >= 4 is 39.2 Å². The minimum Gasteiger partial charge on any atom is -0.465 e. The molecule has 0 aliphatic carbocycles. The number of anilines is 1. The van der Waals surface area contributed by atoms with E-state index < -0.39 is 5.97 Å². The predicted molar refractivity (Wildman–Crippen MR) is 123 cm³/mol. The number of aryl methyl sites for hydroxylation is 3. The highest BCUT2D eigenvalue weighted by atomic mass is 32.1. The molecule has 0 spiro atoms. The number of thiazole rings is 1. The van der Waals surface area contributed by atoms with Crippen LogP contribution in [0.2, 0.25) is 0 Å². The lowest BCUT2D eigenvalue weighted by molar-refractivity contribution is 0.0605. The number of fused-ring (bicyclic) bond motifs is 1. The van der Waals surface area contributed by atoms with E-state index in [-0.39, 0.29) is 5.91 Å². The van der Waals surface area contributed by atoms with Crippen LogP contribution in [0.5, 0.6) is 0 Å². The van der Waals surface area contributed by atoms with E-state index in [2.05, 4.69) is 16.4 Å². The van der Waals surface area contributed by atoms with Crippen molar-refractivity contribution in [2.75, 3.05) is 12.4 Å². The lowest BCUT2D eigenvalue weighted by Crippen LogP contribution is -2.13. The van der Waals surface area contributed by atoms with Crippen molar-refractivity contribution in [2.45, 2.75) is 20.8 Å². The lowest BCUT2D eigenvalue weighted by atomic mass is 9.99. The first-order valence-corrected chi connectivity index (χ1v) is 10.5. The van der Waals surface area contributed by atoms with Crippen molar-refractivity contribution in [1.29, 1.82) is 0 Å². The van der Waals surface area contributed by atoms with Gasteiger partial charge < -0.3 is 4.74 Å². The van der Waals surface area contributed by atoms with E-state index in [1.165, 1.54) is 12.7 Å². The Balaban J connectivity index is 1.77. The van der Waals surface area contributed by atoms with Crippen molar-refractivity contribution in [1.82, 2.24) is 9.97 Å². The van der Waals surface area contributed by atoms with E-state index in [9.17, 15) is 9.59 Å². The van der Waals surface area contributed by atoms with E-state index in [0.717, 1.165) is 39.1 Å². The molecule has 0 aliphatic heterocycles. The maximum atomic E-state index is 13.2. The van der Waals surface area contributed by atoms with E-state index in [1.807, 2.05) is 50.2 Å². The van der Waals surface area contributed by atoms with Gasteiger partial charge in [0.2, 0.25) is 0 Å². The van der Waals surface area contributed by atoms with E-state index in [1.54, 1.807) is 13.0 Å². The van der Waals surface area contributed by atoms with Crippen LogP contribution in [-0.2, 0) is 4.74 Å². The number of ether oxygens (including phenoxy) is 1. The van der Waals surface area contributed by atoms with Crippen molar-refractivity contribution in [3.05, 3.63) is 75.8 Å². The van der Waals surface area contributed by atoms with Crippen LogP contribution in [-0.4, -0.2) is 29.0 Å². The molecule has 0 unspecified atom stereocenters. The quantitative estimate of drug-likeness (QED) is 0.442. The van der Waals surface area contributed by atoms with E-state index in [0.29, 0.717) is 21.3 Å². The summed E-state index contributed by atoms with van der Waals surface area (Å²) in [4.78, 5) is 34.5. The van der Waals surface area contributed by atoms with Crippen LogP contribution < -0.4 is 5.32 Å². The average molecular weight is 432 g/mol. The zero-order chi connectivity index (χ0) is 22.1. The molecular weight excluding hydrogens is 410 g/mol. The largest absolute Gasteiger partial charge is 0.465 e. The number of hydrogen-bond acceptors (Lipinski definition) is 6. The van der Waals surface area contributed by atoms with Gasteiger partial charge in [-0.05, 0) is 38.5 Å². The van der Waals surface area contributed by atoms with Crippen LogP contribution in [0.15, 0.2) is 48.5 Å². The smallest absolute Gasteiger partial charge is 0.350 e. The topological polar surface area (TPSA) is 81.2 Å². The van der Waals surface area contributed by atoms with Crippen LogP contribution in [0.4, 0.5) is 5.13 Å². The highest BCUT2D eigenvalue weighted by Crippen LogP contribution is 2.29. The van der Waals surface area contributed by atoms with Crippen LogP contribution in [0, 0.1) is 20.8 Å². The van der Waals surface area contributed by atoms with Gasteiger partial charge in [0.25, 0.3) is 5.91 Å². The average Bonchev–Trinajstić information content (AvgIpc) is 3.12. The van der Waals surface area contributed by atoms with Crippen LogP contribution in [0.25, 0.3) is 22.2 Å². The molecule has 6 nitrogen and oxygen atoms in total. The van der Waals surface area contributed by atoms with Gasteiger partial charge in [-0.3, -0.25) is 10.1 Å². The third-order valence-corrected chi connectivity index (χ3v) is 6.06. The molecule has 0 saturated carbocycles. The van der Waals surface area contributed by atoms with Gasteiger partial charge in [0, 0.05) is 10.9 Å². The first kappa shape index (κ1) is 20.7. The Morgan fingerprint density at radius 3 is 2.52 bits per heavy atom. The van der Waals surface area contributed by atoms with Crippen molar-refractivity contribution in [2.24, 2.45) is 0 Å². The Bertz CT molecular complexity index is 1330. The summed E-state index contributed by atoms with van der Waals surface area (Å²) in [5.74, 6) is -0.781. The number of esters is 1. The van der Waals surface area contributed by atoms with Gasteiger partial charge >= 0.3 is 5.97 Å². The Kier molecular flexibility index (Phi) is 5.52. The summed E-state index contributed by atoms with van der Waals surface area (Å²) in [5.41, 5.74) is 5.70. The molecule has 2 aromatic carbocycles. The fourth-order valence-corrected chi connectivity index (χ4v) is 4.38. The maximum Gasteiger partial charge on any atom is 0.350 e. The fourth-order valence-electron chi connectivity index (χ4n) is 3.50. The Morgan fingerprint density at radius 2 is 1.77 bits per heavy atom. The number of para-hydroxylation sites is 1. The van der Waals surface area contributed by atoms with Gasteiger partial charge in [0.1, 0.15) is 4.88 Å². The predicted octanol–water partition coefficient (Wildman–Crippen LogP) is 5.32. The van der Waals surface area contributed by atoms with Crippen molar-refractivity contribution < 1.29 is 14.3 Å². The van der Waals surface area contributed by atoms with Gasteiger partial charge in [-0.15, -0.1) is 0 Å². The summed E-state index contributed by atoms with van der Waals surface area (Å²) in [6.45, 7) is 5.78. The second-order valence-electron chi connectivity index (χ2n) is 7.27. The number of nitrogens with zero attached hydrogens (tertiary/aromatic N) is 2. The van der Waals surface area contributed by atoms with Gasteiger partial charge in [0.05, 0.1) is 29.6 Å². The number of carbonyl (C=O) groups is 2. The van der Waals surface area contributed by atoms with Crippen LogP contribution >= 0.6 is 11.3 Å². The Hall–Kier alpha value is -3.58. The number of nitrogens with one attached hydrogen (secondary N) is 1. The first-order chi connectivity index (χ1) is 14.9. The molecule has 4 aromatic rings. The maximum absolute atomic E-state index is 13.2. The first-order valence-electron chi connectivity index (χ1n) is 9.72. The molecular formula is C24H21N3O3S. The van der Waals surface area contributed by atoms with E-state index in [4.69, 9.17) is 9.72 Å². The summed E-state index contributed by atoms with van der Waals surface area (Å²) >= 11 is 1.09. The standard InChI is InChI=1S/C24H21N3O3S/c1-13-9-10-16(14(2)11-13)20-12-18(17-7-5-6-8-19(17)26-20)22(28)27-24-25-15(3)21(31-24)23(29)30-4/h5-12H,1-4H3,(H,25,27,28). The summed E-state index contributed by atoms with van der Waals surface area (Å²) in [5, 5.41) is 3.92. The molecule has 0 atom stereocenters. The van der Waals surface area contributed by atoms with Crippen LogP contribution in [0.1, 0.15) is 36.9 Å². The molecule has 0 saturated heterocycles. The van der Waals surface area contributed by atoms with Crippen molar-refractivity contribution in [3.63, 3.8) is 0 Å². The molecule has 0 aliphatic rings. The summed E-state index contributed by atoms with van der Waals surface area (Å²) in [6.07, 6.45) is 0. The monoisotopic (exact) mass is 431 g/mol. The fraction of sp³-hybridized carbons (Fsp3) is 0.167. The third kappa shape index (κ3) is 4.04. The zero-order valence-electron chi connectivity index (χ0n) is 17.6. The van der Waals surface area contributed by atoms with Gasteiger partial charge in [-0.25, -0.2) is 14.8 Å². The number of pyridine rings is 1. The molecule has 156 valence electrons. The minimum absolute atomic E-state index is 0.310. The number of hydrogen-bond donors (Lipinski definition) is 1. The molecule has 0 bridgehead atoms. The van der Waals surface area contributed by atoms with Gasteiger partial charge in [0.15, 0.2) is 5.13 Å². The van der Waals surface area contributed by atoms with Gasteiger partial charge in [-0.1, -0.05) is 53.3 Å². The molecule has 1 N–H and O–H groups in total. The Morgan fingerprint density at radius 1 is 1.00 bits per heavy atom. The molecule has 2 heterocycles. The number of amides is 1. The highest BCUT2D eigenvalue weighted by molar-refractivity contribution is 7.17. The molecule has 0 radical (unpaired) electrons. The molecule has 2 aromatic heterocycles. The van der Waals surface area contributed by atoms with E-state index >= 15 is 0 Å². The SMILES string of the molecule is COC(=O)c1sc(NC(=O)c2cc(-c3ccc(C)cc3C)nc3ccccc23)nc1C. The van der Waals surface area contributed by atoms with Gasteiger partial charge in [-0.2, -0.15) is 0 Å². The number of benzene rings is 2. The minimum atomic E-state index is -0.470. The molecule has 1 amide bonds. The summed E-state index contributed by atoms with van der Waals surface area (Å²) < 4.78 is 4.77. The number of rotatable bonds is 4. The lowest BCUT2D eigenvalue weighted by Gasteiger charge is -2.11. The Labute approximate surface area is 183 Å². The number of methoxy groups -OCH3 is 1. The van der Waals surface area contributed by atoms with Crippen molar-refractivity contribution in [3.8, 4) is 11.3 Å². The number of carbonyl (C=O) groups excluding carboxylic acids is 2. The second-order valence-corrected chi connectivity index (χ2v) is 8.27.